The zero-order valence-electron chi connectivity index (χ0n) is 11.3. The lowest BCUT2D eigenvalue weighted by molar-refractivity contribution is -0.138. The van der Waals surface area contributed by atoms with Crippen LogP contribution in [-0.2, 0) is 11.0 Å². The van der Waals surface area contributed by atoms with E-state index in [2.05, 4.69) is 10.6 Å². The molecule has 1 saturated heterocycles. The van der Waals surface area contributed by atoms with E-state index in [1.54, 1.807) is 6.92 Å². The minimum Gasteiger partial charge on any atom is -0.326 e. The number of amides is 1. The van der Waals surface area contributed by atoms with Crippen LogP contribution in [0.5, 0.6) is 0 Å². The van der Waals surface area contributed by atoms with E-state index in [0.29, 0.717) is 0 Å². The molecule has 3 nitrogen and oxygen atoms in total. The van der Waals surface area contributed by atoms with Gasteiger partial charge < -0.3 is 10.6 Å². The molecule has 0 aliphatic carbocycles. The molecule has 0 radical (unpaired) electrons. The van der Waals surface area contributed by atoms with Gasteiger partial charge in [0.15, 0.2) is 0 Å². The van der Waals surface area contributed by atoms with Gasteiger partial charge in [-0.15, -0.1) is 0 Å². The van der Waals surface area contributed by atoms with Gasteiger partial charge in [0.05, 0.1) is 5.56 Å². The average Bonchev–Trinajstić information content (AvgIpc) is 2.27. The first-order valence-corrected chi connectivity index (χ1v) is 6.49. The van der Waals surface area contributed by atoms with Crippen LogP contribution in [0.15, 0.2) is 18.2 Å². The number of halogens is 3. The highest BCUT2D eigenvalue weighted by Gasteiger charge is 2.34. The molecular formula is C14H17F3N2O. The number of benzene rings is 1. The summed E-state index contributed by atoms with van der Waals surface area (Å²) in [5.41, 5.74) is -0.440. The molecule has 1 aliphatic heterocycles. The Bertz CT molecular complexity index is 510. The molecule has 0 saturated carbocycles. The molecule has 20 heavy (non-hydrogen) atoms. The highest BCUT2D eigenvalue weighted by molar-refractivity contribution is 5.93. The van der Waals surface area contributed by atoms with Crippen LogP contribution in [0, 0.1) is 18.8 Å². The topological polar surface area (TPSA) is 41.1 Å². The summed E-state index contributed by atoms with van der Waals surface area (Å²) in [5, 5.41) is 5.68. The fourth-order valence-corrected chi connectivity index (χ4v) is 2.20. The van der Waals surface area contributed by atoms with Crippen LogP contribution in [0.1, 0.15) is 18.1 Å². The van der Waals surface area contributed by atoms with Gasteiger partial charge in [-0.3, -0.25) is 4.79 Å². The van der Waals surface area contributed by atoms with Crippen molar-refractivity contribution in [2.45, 2.75) is 20.0 Å². The first-order chi connectivity index (χ1) is 9.30. The zero-order chi connectivity index (χ0) is 14.9. The molecule has 110 valence electrons. The molecule has 0 spiro atoms. The Morgan fingerprint density at radius 3 is 2.55 bits per heavy atom. The molecule has 2 rings (SSSR count). The molecule has 1 atom stereocenters. The third kappa shape index (κ3) is 2.95. The third-order valence-corrected chi connectivity index (χ3v) is 3.83. The van der Waals surface area contributed by atoms with E-state index in [1.165, 1.54) is 19.1 Å². The van der Waals surface area contributed by atoms with Gasteiger partial charge in [-0.1, -0.05) is 13.0 Å². The Morgan fingerprint density at radius 1 is 1.40 bits per heavy atom. The van der Waals surface area contributed by atoms with Crippen LogP contribution in [0.4, 0.5) is 18.9 Å². The highest BCUT2D eigenvalue weighted by Crippen LogP contribution is 2.34. The number of nitrogens with one attached hydrogen (secondary N) is 2. The van der Waals surface area contributed by atoms with Gasteiger partial charge in [-0.05, 0) is 43.6 Å². The molecule has 1 heterocycles. The van der Waals surface area contributed by atoms with Crippen molar-refractivity contribution in [1.82, 2.24) is 5.32 Å². The minimum atomic E-state index is -4.41. The summed E-state index contributed by atoms with van der Waals surface area (Å²) in [6.45, 7) is 4.71. The molecule has 1 aromatic carbocycles. The lowest BCUT2D eigenvalue weighted by Crippen LogP contribution is -2.48. The van der Waals surface area contributed by atoms with Crippen molar-refractivity contribution in [3.8, 4) is 0 Å². The molecule has 1 aliphatic rings. The number of alkyl halides is 3. The molecule has 0 aromatic heterocycles. The molecule has 1 amide bonds. The van der Waals surface area contributed by atoms with E-state index in [-0.39, 0.29) is 29.0 Å². The Hall–Kier alpha value is -1.56. The van der Waals surface area contributed by atoms with E-state index in [1.807, 2.05) is 0 Å². The maximum Gasteiger partial charge on any atom is 0.416 e. The van der Waals surface area contributed by atoms with E-state index < -0.39 is 11.7 Å². The van der Waals surface area contributed by atoms with E-state index in [9.17, 15) is 18.0 Å². The number of hydrogen-bond donors (Lipinski definition) is 2. The van der Waals surface area contributed by atoms with Crippen LogP contribution in [0.2, 0.25) is 0 Å². The maximum absolute atomic E-state index is 12.8. The van der Waals surface area contributed by atoms with Crippen LogP contribution < -0.4 is 10.6 Å². The van der Waals surface area contributed by atoms with Crippen molar-refractivity contribution >= 4 is 11.6 Å². The van der Waals surface area contributed by atoms with Crippen LogP contribution >= 0.6 is 0 Å². The largest absolute Gasteiger partial charge is 0.416 e. The minimum absolute atomic E-state index is 0.0484. The van der Waals surface area contributed by atoms with Crippen molar-refractivity contribution in [1.29, 1.82) is 0 Å². The quantitative estimate of drug-likeness (QED) is 0.897. The van der Waals surface area contributed by atoms with Crippen molar-refractivity contribution in [2.75, 3.05) is 18.4 Å². The van der Waals surface area contributed by atoms with Crippen molar-refractivity contribution in [3.63, 3.8) is 0 Å². The predicted molar refractivity (Wildman–Crippen MR) is 70.3 cm³/mol. The summed E-state index contributed by atoms with van der Waals surface area (Å²) in [7, 11) is 0. The van der Waals surface area contributed by atoms with E-state index in [0.717, 1.165) is 19.2 Å². The first kappa shape index (κ1) is 14.8. The van der Waals surface area contributed by atoms with Gasteiger partial charge in [0, 0.05) is 11.6 Å². The standard InChI is InChI=1S/C14H17F3N2O/c1-8(10-6-18-7-10)13(20)19-12-5-3-4-11(9(12)2)14(15,16)17/h3-5,8,10,18H,6-7H2,1-2H3,(H,19,20). The van der Waals surface area contributed by atoms with Gasteiger partial charge in [0.25, 0.3) is 0 Å². The lowest BCUT2D eigenvalue weighted by Gasteiger charge is -2.31. The molecule has 6 heteroatoms. The molecule has 1 aromatic rings. The number of rotatable bonds is 3. The number of anilines is 1. The maximum atomic E-state index is 12.8. The second-order valence-corrected chi connectivity index (χ2v) is 5.17. The summed E-state index contributed by atoms with van der Waals surface area (Å²) in [6, 6.07) is 3.82. The molecular weight excluding hydrogens is 269 g/mol. The Labute approximate surface area is 115 Å². The highest BCUT2D eigenvalue weighted by atomic mass is 19.4. The van der Waals surface area contributed by atoms with E-state index in [4.69, 9.17) is 0 Å². The first-order valence-electron chi connectivity index (χ1n) is 6.49. The van der Waals surface area contributed by atoms with Gasteiger partial charge in [0.1, 0.15) is 0 Å². The average molecular weight is 286 g/mol. The molecule has 2 N–H and O–H groups in total. The molecule has 1 unspecified atom stereocenters. The monoisotopic (exact) mass is 286 g/mol. The summed E-state index contributed by atoms with van der Waals surface area (Å²) in [4.78, 5) is 12.0. The Balaban J connectivity index is 2.15. The van der Waals surface area contributed by atoms with Crippen LogP contribution in [-0.4, -0.2) is 19.0 Å². The van der Waals surface area contributed by atoms with Gasteiger partial charge >= 0.3 is 6.18 Å². The van der Waals surface area contributed by atoms with Crippen LogP contribution in [0.3, 0.4) is 0 Å². The summed E-state index contributed by atoms with van der Waals surface area (Å²) in [5.74, 6) is -0.203. The Morgan fingerprint density at radius 2 is 2.05 bits per heavy atom. The van der Waals surface area contributed by atoms with Crippen molar-refractivity contribution < 1.29 is 18.0 Å². The van der Waals surface area contributed by atoms with Crippen LogP contribution in [0.25, 0.3) is 0 Å². The number of carbonyl (C=O) groups is 1. The molecule has 1 fully saturated rings. The fraction of sp³-hybridized carbons (Fsp3) is 0.500. The fourth-order valence-electron chi connectivity index (χ4n) is 2.20. The van der Waals surface area contributed by atoms with Gasteiger partial charge in [0.2, 0.25) is 5.91 Å². The third-order valence-electron chi connectivity index (χ3n) is 3.83. The number of hydrogen-bond acceptors (Lipinski definition) is 2. The summed E-state index contributed by atoms with van der Waals surface area (Å²) >= 11 is 0. The smallest absolute Gasteiger partial charge is 0.326 e. The predicted octanol–water partition coefficient (Wildman–Crippen LogP) is 2.81. The summed E-state index contributed by atoms with van der Waals surface area (Å²) < 4.78 is 38.4. The van der Waals surface area contributed by atoms with Crippen molar-refractivity contribution in [2.24, 2.45) is 11.8 Å². The second kappa shape index (κ2) is 5.44. The van der Waals surface area contributed by atoms with Crippen molar-refractivity contribution in [3.05, 3.63) is 29.3 Å². The molecule has 0 bridgehead atoms. The SMILES string of the molecule is Cc1c(NC(=O)C(C)C2CNC2)cccc1C(F)(F)F. The number of carbonyl (C=O) groups excluding carboxylic acids is 1. The lowest BCUT2D eigenvalue weighted by atomic mass is 9.88. The second-order valence-electron chi connectivity index (χ2n) is 5.17. The zero-order valence-corrected chi connectivity index (χ0v) is 11.3. The van der Waals surface area contributed by atoms with Gasteiger partial charge in [-0.25, -0.2) is 0 Å². The van der Waals surface area contributed by atoms with E-state index >= 15 is 0 Å². The Kier molecular flexibility index (Phi) is 4.04. The normalized spacial score (nSPS) is 17.4. The summed E-state index contributed by atoms with van der Waals surface area (Å²) in [6.07, 6.45) is -4.41. The van der Waals surface area contributed by atoms with Gasteiger partial charge in [-0.2, -0.15) is 13.2 Å².